The number of phenolic OH excluding ortho intramolecular Hbond substituents is 1. The van der Waals surface area contributed by atoms with E-state index in [2.05, 4.69) is 6.07 Å². The molecule has 0 aromatic heterocycles. The van der Waals surface area contributed by atoms with Crippen LogP contribution in [0.4, 0.5) is 0 Å². The molecule has 2 aliphatic heterocycles. The zero-order valence-electron chi connectivity index (χ0n) is 8.48. The van der Waals surface area contributed by atoms with Crippen LogP contribution in [0.1, 0.15) is 11.1 Å². The fraction of sp³-hybridized carbons (Fsp3) is 0.500. The molecule has 3 rings (SSSR count). The summed E-state index contributed by atoms with van der Waals surface area (Å²) >= 11 is 0. The number of rotatable bonds is 4. The van der Waals surface area contributed by atoms with Gasteiger partial charge in [0.1, 0.15) is 5.75 Å². The molecule has 2 fully saturated rings. The number of ether oxygens (including phenoxy) is 2. The quantitative estimate of drug-likeness (QED) is 0.755. The first-order valence-electron chi connectivity index (χ1n) is 5.36. The van der Waals surface area contributed by atoms with Crippen LogP contribution in [0.15, 0.2) is 18.2 Å². The van der Waals surface area contributed by atoms with Gasteiger partial charge in [0.15, 0.2) is 0 Å². The molecule has 80 valence electrons. The second kappa shape index (κ2) is 3.51. The summed E-state index contributed by atoms with van der Waals surface area (Å²) in [5.41, 5.74) is 2.24. The Balaban J connectivity index is 1.84. The highest BCUT2D eigenvalue weighted by atomic mass is 16.6. The fourth-order valence-corrected chi connectivity index (χ4v) is 1.89. The van der Waals surface area contributed by atoms with Crippen LogP contribution in [0.5, 0.6) is 5.75 Å². The Morgan fingerprint density at radius 3 is 2.47 bits per heavy atom. The van der Waals surface area contributed by atoms with Gasteiger partial charge in [-0.15, -0.1) is 0 Å². The van der Waals surface area contributed by atoms with Crippen LogP contribution < -0.4 is 0 Å². The minimum absolute atomic E-state index is 0.317. The summed E-state index contributed by atoms with van der Waals surface area (Å²) < 4.78 is 10.4. The predicted molar refractivity (Wildman–Crippen MR) is 55.0 cm³/mol. The van der Waals surface area contributed by atoms with Gasteiger partial charge in [-0.3, -0.25) is 0 Å². The lowest BCUT2D eigenvalue weighted by Gasteiger charge is -2.09. The van der Waals surface area contributed by atoms with Gasteiger partial charge in [-0.2, -0.15) is 0 Å². The van der Waals surface area contributed by atoms with E-state index in [0.717, 1.165) is 31.6 Å². The fourth-order valence-electron chi connectivity index (χ4n) is 1.89. The molecule has 0 spiro atoms. The first kappa shape index (κ1) is 9.19. The number of benzene rings is 1. The largest absolute Gasteiger partial charge is 0.508 e. The Kier molecular flexibility index (Phi) is 2.15. The normalized spacial score (nSPS) is 27.7. The maximum atomic E-state index is 9.80. The van der Waals surface area contributed by atoms with Crippen LogP contribution >= 0.6 is 0 Å². The van der Waals surface area contributed by atoms with Gasteiger partial charge in [0.2, 0.25) is 0 Å². The Morgan fingerprint density at radius 1 is 1.13 bits per heavy atom. The van der Waals surface area contributed by atoms with Gasteiger partial charge in [0.25, 0.3) is 0 Å². The molecule has 0 bridgehead atoms. The highest BCUT2D eigenvalue weighted by molar-refractivity contribution is 5.40. The molecule has 2 unspecified atom stereocenters. The zero-order valence-corrected chi connectivity index (χ0v) is 8.48. The van der Waals surface area contributed by atoms with Crippen molar-refractivity contribution in [3.8, 4) is 5.75 Å². The van der Waals surface area contributed by atoms with Crippen LogP contribution in [-0.4, -0.2) is 30.5 Å². The van der Waals surface area contributed by atoms with Gasteiger partial charge < -0.3 is 14.6 Å². The molecule has 0 radical (unpaired) electrons. The molecule has 2 atom stereocenters. The monoisotopic (exact) mass is 206 g/mol. The molecule has 0 amide bonds. The van der Waals surface area contributed by atoms with E-state index in [1.165, 1.54) is 5.56 Å². The van der Waals surface area contributed by atoms with Crippen molar-refractivity contribution >= 4 is 0 Å². The van der Waals surface area contributed by atoms with Crippen molar-refractivity contribution in [2.24, 2.45) is 0 Å². The van der Waals surface area contributed by atoms with Crippen molar-refractivity contribution in [1.82, 2.24) is 0 Å². The average Bonchev–Trinajstić information content (AvgIpc) is 3.06. The summed E-state index contributed by atoms with van der Waals surface area (Å²) in [6, 6.07) is 5.71. The topological polar surface area (TPSA) is 45.3 Å². The minimum Gasteiger partial charge on any atom is -0.508 e. The molecule has 3 nitrogen and oxygen atoms in total. The van der Waals surface area contributed by atoms with Gasteiger partial charge in [0, 0.05) is 12.8 Å². The number of epoxide rings is 2. The van der Waals surface area contributed by atoms with Crippen LogP contribution in [0.3, 0.4) is 0 Å². The second-order valence-corrected chi connectivity index (χ2v) is 4.23. The number of aromatic hydroxyl groups is 1. The maximum Gasteiger partial charge on any atom is 0.119 e. The van der Waals surface area contributed by atoms with Crippen molar-refractivity contribution in [1.29, 1.82) is 0 Å². The molecule has 0 aliphatic carbocycles. The van der Waals surface area contributed by atoms with Crippen LogP contribution in [0.2, 0.25) is 0 Å². The Morgan fingerprint density at radius 2 is 1.80 bits per heavy atom. The molecule has 1 N–H and O–H groups in total. The molecule has 1 aromatic carbocycles. The lowest BCUT2D eigenvalue weighted by Crippen LogP contribution is -2.02. The van der Waals surface area contributed by atoms with E-state index < -0.39 is 0 Å². The highest BCUT2D eigenvalue weighted by Crippen LogP contribution is 2.29. The van der Waals surface area contributed by atoms with E-state index in [9.17, 15) is 5.11 Å². The van der Waals surface area contributed by atoms with Crippen molar-refractivity contribution in [2.45, 2.75) is 25.0 Å². The summed E-state index contributed by atoms with van der Waals surface area (Å²) in [6.07, 6.45) is 2.42. The van der Waals surface area contributed by atoms with Crippen LogP contribution in [-0.2, 0) is 22.3 Å². The van der Waals surface area contributed by atoms with E-state index >= 15 is 0 Å². The molecular formula is C12H14O3. The SMILES string of the molecule is Oc1cccc(CC2CO2)c1CC1CO1. The van der Waals surface area contributed by atoms with Gasteiger partial charge in [-0.1, -0.05) is 12.1 Å². The Labute approximate surface area is 88.6 Å². The summed E-state index contributed by atoms with van der Waals surface area (Å²) in [6.45, 7) is 1.68. The molecule has 2 saturated heterocycles. The van der Waals surface area contributed by atoms with Gasteiger partial charge in [-0.05, 0) is 17.2 Å². The highest BCUT2D eigenvalue weighted by Gasteiger charge is 2.28. The zero-order chi connectivity index (χ0) is 10.3. The van der Waals surface area contributed by atoms with Crippen molar-refractivity contribution in [3.05, 3.63) is 29.3 Å². The minimum atomic E-state index is 0.317. The molecule has 1 aromatic rings. The summed E-state index contributed by atoms with van der Waals surface area (Å²) in [4.78, 5) is 0. The standard InChI is InChI=1S/C12H14O3/c13-12-3-1-2-8(4-9-6-14-9)11(12)5-10-7-15-10/h1-3,9-10,13H,4-7H2. The third kappa shape index (κ3) is 2.13. The van der Waals surface area contributed by atoms with E-state index in [-0.39, 0.29) is 0 Å². The van der Waals surface area contributed by atoms with Crippen molar-refractivity contribution < 1.29 is 14.6 Å². The molecular weight excluding hydrogens is 192 g/mol. The third-order valence-electron chi connectivity index (χ3n) is 2.93. The van der Waals surface area contributed by atoms with Crippen molar-refractivity contribution in [2.75, 3.05) is 13.2 Å². The first-order chi connectivity index (χ1) is 7.33. The van der Waals surface area contributed by atoms with Crippen LogP contribution in [0, 0.1) is 0 Å². The van der Waals surface area contributed by atoms with E-state index in [0.29, 0.717) is 18.0 Å². The molecule has 2 heterocycles. The number of hydrogen-bond acceptors (Lipinski definition) is 3. The summed E-state index contributed by atoms with van der Waals surface area (Å²) in [7, 11) is 0. The van der Waals surface area contributed by atoms with Gasteiger partial charge >= 0.3 is 0 Å². The predicted octanol–water partition coefficient (Wildman–Crippen LogP) is 1.27. The van der Waals surface area contributed by atoms with E-state index in [1.807, 2.05) is 6.07 Å². The lowest BCUT2D eigenvalue weighted by molar-refractivity contribution is 0.396. The summed E-state index contributed by atoms with van der Waals surface area (Å²) in [5.74, 6) is 0.392. The van der Waals surface area contributed by atoms with E-state index in [4.69, 9.17) is 9.47 Å². The maximum absolute atomic E-state index is 9.80. The Hall–Kier alpha value is -1.06. The lowest BCUT2D eigenvalue weighted by atomic mass is 9.98. The van der Waals surface area contributed by atoms with Crippen molar-refractivity contribution in [3.63, 3.8) is 0 Å². The molecule has 0 saturated carbocycles. The molecule has 15 heavy (non-hydrogen) atoms. The molecule has 3 heteroatoms. The summed E-state index contributed by atoms with van der Waals surface area (Å²) in [5, 5.41) is 9.80. The third-order valence-corrected chi connectivity index (χ3v) is 2.93. The number of phenols is 1. The van der Waals surface area contributed by atoms with Gasteiger partial charge in [-0.25, -0.2) is 0 Å². The van der Waals surface area contributed by atoms with E-state index in [1.54, 1.807) is 6.07 Å². The van der Waals surface area contributed by atoms with Crippen LogP contribution in [0.25, 0.3) is 0 Å². The number of hydrogen-bond donors (Lipinski definition) is 1. The second-order valence-electron chi connectivity index (χ2n) is 4.23. The Bertz CT molecular complexity index is 367. The van der Waals surface area contributed by atoms with Gasteiger partial charge in [0.05, 0.1) is 25.4 Å². The average molecular weight is 206 g/mol. The first-order valence-corrected chi connectivity index (χ1v) is 5.36. The smallest absolute Gasteiger partial charge is 0.119 e. The molecule has 2 aliphatic rings.